The molecule has 0 aliphatic carbocycles. The van der Waals surface area contributed by atoms with E-state index >= 15 is 0 Å². The normalized spacial score (nSPS) is 15.4. The average Bonchev–Trinajstić information content (AvgIpc) is 2.44. The summed E-state index contributed by atoms with van der Waals surface area (Å²) in [5, 5.41) is 6.10. The smallest absolute Gasteiger partial charge is 0.224 e. The van der Waals surface area contributed by atoms with E-state index in [1.807, 2.05) is 12.1 Å². The number of amides is 1. The van der Waals surface area contributed by atoms with Gasteiger partial charge < -0.3 is 25.8 Å². The van der Waals surface area contributed by atoms with Crippen molar-refractivity contribution in [2.75, 3.05) is 43.7 Å². The fourth-order valence-electron chi connectivity index (χ4n) is 2.22. The van der Waals surface area contributed by atoms with Crippen LogP contribution in [-0.4, -0.2) is 39.4 Å². The van der Waals surface area contributed by atoms with Crippen LogP contribution in [0.25, 0.3) is 0 Å². The molecular formula is C14H21N3O3. The Morgan fingerprint density at radius 3 is 2.90 bits per heavy atom. The van der Waals surface area contributed by atoms with E-state index in [1.165, 1.54) is 0 Å². The van der Waals surface area contributed by atoms with Crippen LogP contribution >= 0.6 is 0 Å². The second-order valence-electron chi connectivity index (χ2n) is 4.84. The fraction of sp³-hybridized carbons (Fsp3) is 0.500. The Bertz CT molecular complexity index is 491. The standard InChI is InChI=1S/C14H21N3O3/c1-19-8-10(20-2)7-16-13-6-12-9(5-11(13)15)3-4-14(18)17-12/h5-6,10,16H,3-4,7-8,15H2,1-2H3,(H,17,18). The average molecular weight is 279 g/mol. The number of nitrogens with two attached hydrogens (primary N) is 1. The van der Waals surface area contributed by atoms with E-state index in [0.29, 0.717) is 25.3 Å². The van der Waals surface area contributed by atoms with Crippen molar-refractivity contribution < 1.29 is 14.3 Å². The monoisotopic (exact) mass is 279 g/mol. The minimum Gasteiger partial charge on any atom is -0.397 e. The second-order valence-corrected chi connectivity index (χ2v) is 4.84. The van der Waals surface area contributed by atoms with Gasteiger partial charge in [0.25, 0.3) is 0 Å². The lowest BCUT2D eigenvalue weighted by Gasteiger charge is -2.21. The van der Waals surface area contributed by atoms with Gasteiger partial charge in [-0.1, -0.05) is 0 Å². The third-order valence-corrected chi connectivity index (χ3v) is 3.38. The Hall–Kier alpha value is -1.79. The highest BCUT2D eigenvalue weighted by molar-refractivity contribution is 5.95. The molecule has 1 aromatic carbocycles. The maximum absolute atomic E-state index is 11.4. The van der Waals surface area contributed by atoms with Crippen LogP contribution < -0.4 is 16.4 Å². The van der Waals surface area contributed by atoms with E-state index in [9.17, 15) is 4.79 Å². The first kappa shape index (κ1) is 14.6. The third kappa shape index (κ3) is 3.40. The lowest BCUT2D eigenvalue weighted by Crippen LogP contribution is -2.27. The summed E-state index contributed by atoms with van der Waals surface area (Å²) in [4.78, 5) is 11.4. The van der Waals surface area contributed by atoms with Crippen LogP contribution in [0.2, 0.25) is 0 Å². The molecule has 1 aliphatic rings. The number of nitrogen functional groups attached to an aromatic ring is 1. The number of carbonyl (C=O) groups is 1. The van der Waals surface area contributed by atoms with Gasteiger partial charge in [-0.2, -0.15) is 0 Å². The van der Waals surface area contributed by atoms with Gasteiger partial charge in [-0.05, 0) is 24.1 Å². The molecule has 1 unspecified atom stereocenters. The zero-order valence-corrected chi connectivity index (χ0v) is 11.9. The Balaban J connectivity index is 2.08. The van der Waals surface area contributed by atoms with Crippen molar-refractivity contribution in [2.45, 2.75) is 18.9 Å². The Labute approximate surface area is 118 Å². The van der Waals surface area contributed by atoms with Gasteiger partial charge in [-0.25, -0.2) is 0 Å². The summed E-state index contributed by atoms with van der Waals surface area (Å²) in [5.41, 5.74) is 9.41. The quantitative estimate of drug-likeness (QED) is 0.682. The van der Waals surface area contributed by atoms with Crippen molar-refractivity contribution in [3.05, 3.63) is 17.7 Å². The van der Waals surface area contributed by atoms with E-state index in [-0.39, 0.29) is 12.0 Å². The summed E-state index contributed by atoms with van der Waals surface area (Å²) in [5.74, 6) is 0.0439. The lowest BCUT2D eigenvalue weighted by atomic mass is 10.0. The van der Waals surface area contributed by atoms with Gasteiger partial charge in [-0.15, -0.1) is 0 Å². The minimum absolute atomic E-state index is 0.0439. The molecule has 0 fully saturated rings. The molecule has 0 aromatic heterocycles. The molecule has 0 saturated heterocycles. The Kier molecular flexibility index (Phi) is 4.81. The van der Waals surface area contributed by atoms with Gasteiger partial charge in [0.05, 0.1) is 24.1 Å². The first-order valence-corrected chi connectivity index (χ1v) is 6.62. The van der Waals surface area contributed by atoms with E-state index in [4.69, 9.17) is 15.2 Å². The van der Waals surface area contributed by atoms with E-state index in [0.717, 1.165) is 23.4 Å². The van der Waals surface area contributed by atoms with Gasteiger partial charge in [0.1, 0.15) is 0 Å². The summed E-state index contributed by atoms with van der Waals surface area (Å²) in [6.45, 7) is 1.09. The number of fused-ring (bicyclic) bond motifs is 1. The van der Waals surface area contributed by atoms with Crippen LogP contribution in [0.3, 0.4) is 0 Å². The molecule has 2 rings (SSSR count). The van der Waals surface area contributed by atoms with Crippen molar-refractivity contribution in [1.82, 2.24) is 0 Å². The predicted octanol–water partition coefficient (Wildman–Crippen LogP) is 1.23. The molecule has 0 bridgehead atoms. The lowest BCUT2D eigenvalue weighted by molar-refractivity contribution is -0.116. The first-order valence-electron chi connectivity index (χ1n) is 6.62. The van der Waals surface area contributed by atoms with Crippen molar-refractivity contribution in [2.24, 2.45) is 0 Å². The highest BCUT2D eigenvalue weighted by atomic mass is 16.5. The van der Waals surface area contributed by atoms with Crippen molar-refractivity contribution in [3.63, 3.8) is 0 Å². The number of methoxy groups -OCH3 is 2. The number of hydrogen-bond donors (Lipinski definition) is 3. The molecule has 4 N–H and O–H groups in total. The molecule has 0 radical (unpaired) electrons. The fourth-order valence-corrected chi connectivity index (χ4v) is 2.22. The third-order valence-electron chi connectivity index (χ3n) is 3.38. The molecule has 20 heavy (non-hydrogen) atoms. The molecule has 110 valence electrons. The largest absolute Gasteiger partial charge is 0.397 e. The number of ether oxygens (including phenoxy) is 2. The highest BCUT2D eigenvalue weighted by Gasteiger charge is 2.17. The molecule has 1 amide bonds. The molecule has 1 aromatic rings. The maximum atomic E-state index is 11.4. The van der Waals surface area contributed by atoms with Gasteiger partial charge >= 0.3 is 0 Å². The van der Waals surface area contributed by atoms with Crippen LogP contribution in [0, 0.1) is 0 Å². The van der Waals surface area contributed by atoms with E-state index in [2.05, 4.69) is 10.6 Å². The molecular weight excluding hydrogens is 258 g/mol. The van der Waals surface area contributed by atoms with E-state index < -0.39 is 0 Å². The molecule has 1 aliphatic heterocycles. The SMILES string of the molecule is COCC(CNc1cc2c(cc1N)CCC(=O)N2)OC. The van der Waals surface area contributed by atoms with Crippen molar-refractivity contribution in [1.29, 1.82) is 0 Å². The summed E-state index contributed by atoms with van der Waals surface area (Å²) < 4.78 is 10.3. The Morgan fingerprint density at radius 2 is 2.20 bits per heavy atom. The highest BCUT2D eigenvalue weighted by Crippen LogP contribution is 2.30. The molecule has 0 saturated carbocycles. The minimum atomic E-state index is -0.0509. The molecule has 1 heterocycles. The Morgan fingerprint density at radius 1 is 1.40 bits per heavy atom. The predicted molar refractivity (Wildman–Crippen MR) is 79.0 cm³/mol. The van der Waals surface area contributed by atoms with Gasteiger partial charge in [0, 0.05) is 32.9 Å². The van der Waals surface area contributed by atoms with Crippen LogP contribution in [0.5, 0.6) is 0 Å². The molecule has 6 heteroatoms. The summed E-state index contributed by atoms with van der Waals surface area (Å²) in [6, 6.07) is 3.79. The van der Waals surface area contributed by atoms with Gasteiger partial charge in [0.2, 0.25) is 5.91 Å². The van der Waals surface area contributed by atoms with E-state index in [1.54, 1.807) is 14.2 Å². The molecule has 1 atom stereocenters. The molecule has 6 nitrogen and oxygen atoms in total. The van der Waals surface area contributed by atoms with Crippen LogP contribution in [0.1, 0.15) is 12.0 Å². The number of rotatable bonds is 6. The summed E-state index contributed by atoms with van der Waals surface area (Å²) in [6.07, 6.45) is 1.19. The maximum Gasteiger partial charge on any atom is 0.224 e. The second kappa shape index (κ2) is 6.58. The van der Waals surface area contributed by atoms with Crippen molar-refractivity contribution in [3.8, 4) is 0 Å². The number of benzene rings is 1. The number of anilines is 3. The van der Waals surface area contributed by atoms with Crippen molar-refractivity contribution >= 4 is 23.0 Å². The summed E-state index contributed by atoms with van der Waals surface area (Å²) >= 11 is 0. The zero-order chi connectivity index (χ0) is 14.5. The van der Waals surface area contributed by atoms with Gasteiger partial charge in [0.15, 0.2) is 0 Å². The zero-order valence-electron chi connectivity index (χ0n) is 11.9. The number of carbonyl (C=O) groups excluding carboxylic acids is 1. The number of nitrogens with one attached hydrogen (secondary N) is 2. The molecule has 0 spiro atoms. The first-order chi connectivity index (χ1) is 9.63. The van der Waals surface area contributed by atoms with Crippen LogP contribution in [0.4, 0.5) is 17.1 Å². The van der Waals surface area contributed by atoms with Crippen LogP contribution in [0.15, 0.2) is 12.1 Å². The number of aryl methyl sites for hydroxylation is 1. The summed E-state index contributed by atoms with van der Waals surface area (Å²) in [7, 11) is 3.27. The van der Waals surface area contributed by atoms with Crippen LogP contribution in [-0.2, 0) is 20.7 Å². The number of hydrogen-bond acceptors (Lipinski definition) is 5. The topological polar surface area (TPSA) is 85.6 Å². The van der Waals surface area contributed by atoms with Gasteiger partial charge in [-0.3, -0.25) is 4.79 Å².